The molecule has 0 bridgehead atoms. The van der Waals surface area contributed by atoms with Crippen molar-refractivity contribution in [3.63, 3.8) is 0 Å². The summed E-state index contributed by atoms with van der Waals surface area (Å²) in [6.45, 7) is 1.82. The molecule has 0 aliphatic carbocycles. The van der Waals surface area contributed by atoms with Crippen molar-refractivity contribution in [2.75, 3.05) is 5.32 Å². The number of nitrogens with zero attached hydrogens (tertiary/aromatic N) is 1. The highest BCUT2D eigenvalue weighted by molar-refractivity contribution is 8.00. The molecule has 3 aromatic rings. The highest BCUT2D eigenvalue weighted by Gasteiger charge is 2.24. The Hall–Kier alpha value is -3.06. The van der Waals surface area contributed by atoms with Gasteiger partial charge in [0.1, 0.15) is 5.69 Å². The van der Waals surface area contributed by atoms with E-state index in [-0.39, 0.29) is 17.8 Å². The van der Waals surface area contributed by atoms with Crippen molar-refractivity contribution in [3.05, 3.63) is 65.9 Å². The molecule has 0 fully saturated rings. The number of hydrogen-bond donors (Lipinski definition) is 1. The molecule has 0 saturated heterocycles. The number of nitrogens with one attached hydrogen (secondary N) is 1. The van der Waals surface area contributed by atoms with Crippen LogP contribution in [0.4, 0.5) is 5.69 Å². The SMILES string of the molecule is CC1Sc2ccc(C(=O)OCc3cc(-c4ccccc4)no3)cc2NC1=O. The lowest BCUT2D eigenvalue weighted by atomic mass is 10.1. The summed E-state index contributed by atoms with van der Waals surface area (Å²) < 4.78 is 10.5. The van der Waals surface area contributed by atoms with Crippen LogP contribution in [0, 0.1) is 0 Å². The van der Waals surface area contributed by atoms with Crippen LogP contribution in [-0.4, -0.2) is 22.3 Å². The molecule has 1 atom stereocenters. The molecule has 1 unspecified atom stereocenters. The molecule has 0 spiro atoms. The van der Waals surface area contributed by atoms with Gasteiger partial charge in [-0.25, -0.2) is 4.79 Å². The van der Waals surface area contributed by atoms with Crippen LogP contribution in [0.3, 0.4) is 0 Å². The first kappa shape index (κ1) is 17.4. The van der Waals surface area contributed by atoms with Gasteiger partial charge in [0.25, 0.3) is 0 Å². The fourth-order valence-corrected chi connectivity index (χ4v) is 3.61. The number of benzene rings is 2. The summed E-state index contributed by atoms with van der Waals surface area (Å²) in [5.74, 6) is -0.112. The fourth-order valence-electron chi connectivity index (χ4n) is 2.68. The molecule has 1 aromatic heterocycles. The molecule has 136 valence electrons. The molecule has 0 saturated carbocycles. The highest BCUT2D eigenvalue weighted by Crippen LogP contribution is 2.36. The van der Waals surface area contributed by atoms with Crippen molar-refractivity contribution in [2.45, 2.75) is 23.7 Å². The Balaban J connectivity index is 1.42. The molecule has 1 aliphatic heterocycles. The molecule has 27 heavy (non-hydrogen) atoms. The third-order valence-electron chi connectivity index (χ3n) is 4.12. The zero-order chi connectivity index (χ0) is 18.8. The largest absolute Gasteiger partial charge is 0.454 e. The minimum absolute atomic E-state index is 0.0199. The summed E-state index contributed by atoms with van der Waals surface area (Å²) in [4.78, 5) is 25.1. The first-order valence-electron chi connectivity index (χ1n) is 8.40. The quantitative estimate of drug-likeness (QED) is 0.686. The minimum Gasteiger partial charge on any atom is -0.454 e. The Morgan fingerprint density at radius 2 is 2.04 bits per heavy atom. The Labute approximate surface area is 159 Å². The first-order valence-corrected chi connectivity index (χ1v) is 9.28. The molecule has 7 heteroatoms. The maximum atomic E-state index is 12.3. The molecular formula is C20H16N2O4S. The Bertz CT molecular complexity index is 1000. The van der Waals surface area contributed by atoms with Crippen LogP contribution in [0.1, 0.15) is 23.0 Å². The van der Waals surface area contributed by atoms with Gasteiger partial charge in [-0.3, -0.25) is 4.79 Å². The maximum absolute atomic E-state index is 12.3. The number of fused-ring (bicyclic) bond motifs is 1. The van der Waals surface area contributed by atoms with Gasteiger partial charge in [-0.1, -0.05) is 35.5 Å². The molecule has 0 radical (unpaired) electrons. The molecule has 6 nitrogen and oxygen atoms in total. The summed E-state index contributed by atoms with van der Waals surface area (Å²) in [6, 6.07) is 16.5. The second-order valence-corrected chi connectivity index (χ2v) is 7.46. The number of ether oxygens (including phenoxy) is 1. The third kappa shape index (κ3) is 3.73. The van der Waals surface area contributed by atoms with E-state index in [1.165, 1.54) is 11.8 Å². The van der Waals surface area contributed by atoms with E-state index in [1.54, 1.807) is 18.2 Å². The van der Waals surface area contributed by atoms with Gasteiger partial charge in [-0.15, -0.1) is 11.8 Å². The van der Waals surface area contributed by atoms with Crippen LogP contribution in [0.25, 0.3) is 11.3 Å². The van der Waals surface area contributed by atoms with Crippen LogP contribution in [-0.2, 0) is 16.1 Å². The lowest BCUT2D eigenvalue weighted by molar-refractivity contribution is -0.115. The van der Waals surface area contributed by atoms with Gasteiger partial charge in [-0.05, 0) is 25.1 Å². The number of carbonyl (C=O) groups is 2. The molecule has 2 aromatic carbocycles. The van der Waals surface area contributed by atoms with Crippen molar-refractivity contribution in [3.8, 4) is 11.3 Å². The van der Waals surface area contributed by atoms with E-state index in [2.05, 4.69) is 10.5 Å². The number of rotatable bonds is 4. The number of hydrogen-bond acceptors (Lipinski definition) is 6. The Kier molecular flexibility index (Phi) is 4.68. The zero-order valence-electron chi connectivity index (χ0n) is 14.5. The minimum atomic E-state index is -0.492. The molecule has 2 heterocycles. The summed E-state index contributed by atoms with van der Waals surface area (Å²) >= 11 is 1.46. The second-order valence-electron chi connectivity index (χ2n) is 6.08. The Morgan fingerprint density at radius 3 is 2.85 bits per heavy atom. The Morgan fingerprint density at radius 1 is 1.22 bits per heavy atom. The molecular weight excluding hydrogens is 364 g/mol. The second kappa shape index (κ2) is 7.28. The van der Waals surface area contributed by atoms with Gasteiger partial charge in [-0.2, -0.15) is 0 Å². The van der Waals surface area contributed by atoms with E-state index in [0.717, 1.165) is 10.5 Å². The smallest absolute Gasteiger partial charge is 0.338 e. The number of aromatic nitrogens is 1. The summed E-state index contributed by atoms with van der Waals surface area (Å²) in [7, 11) is 0. The van der Waals surface area contributed by atoms with E-state index >= 15 is 0 Å². The summed E-state index contributed by atoms with van der Waals surface area (Å²) in [5.41, 5.74) is 2.61. The first-order chi connectivity index (χ1) is 13.1. The highest BCUT2D eigenvalue weighted by atomic mass is 32.2. The number of amides is 1. The predicted molar refractivity (Wildman–Crippen MR) is 101 cm³/mol. The molecule has 4 rings (SSSR count). The number of carbonyl (C=O) groups excluding carboxylic acids is 2. The van der Waals surface area contributed by atoms with Gasteiger partial charge < -0.3 is 14.6 Å². The third-order valence-corrected chi connectivity index (χ3v) is 5.30. The molecule has 1 aliphatic rings. The topological polar surface area (TPSA) is 81.4 Å². The van der Waals surface area contributed by atoms with E-state index in [1.807, 2.05) is 43.3 Å². The van der Waals surface area contributed by atoms with Crippen molar-refractivity contribution in [1.29, 1.82) is 0 Å². The van der Waals surface area contributed by atoms with E-state index < -0.39 is 5.97 Å². The van der Waals surface area contributed by atoms with Crippen molar-refractivity contribution >= 4 is 29.3 Å². The van der Waals surface area contributed by atoms with Crippen molar-refractivity contribution < 1.29 is 18.8 Å². The zero-order valence-corrected chi connectivity index (χ0v) is 15.3. The standard InChI is InChI=1S/C20H16N2O4S/c1-12-19(23)21-17-9-14(7-8-18(17)27-12)20(24)25-11-15-10-16(22-26-15)13-5-3-2-4-6-13/h2-10,12H,11H2,1H3,(H,21,23). The number of esters is 1. The van der Waals surface area contributed by atoms with Gasteiger partial charge in [0, 0.05) is 16.5 Å². The lowest BCUT2D eigenvalue weighted by Crippen LogP contribution is -2.26. The molecule has 1 amide bonds. The van der Waals surface area contributed by atoms with E-state index in [4.69, 9.17) is 9.26 Å². The van der Waals surface area contributed by atoms with Crippen molar-refractivity contribution in [2.24, 2.45) is 0 Å². The number of thioether (sulfide) groups is 1. The fraction of sp³-hybridized carbons (Fsp3) is 0.150. The van der Waals surface area contributed by atoms with Gasteiger partial charge in [0.15, 0.2) is 12.4 Å². The summed E-state index contributed by atoms with van der Waals surface area (Å²) in [6.07, 6.45) is 0. The molecule has 1 N–H and O–H groups in total. The maximum Gasteiger partial charge on any atom is 0.338 e. The van der Waals surface area contributed by atoms with Crippen LogP contribution in [0.15, 0.2) is 64.0 Å². The van der Waals surface area contributed by atoms with Crippen LogP contribution < -0.4 is 5.32 Å². The average molecular weight is 380 g/mol. The van der Waals surface area contributed by atoms with Gasteiger partial charge >= 0.3 is 5.97 Å². The van der Waals surface area contributed by atoms with Gasteiger partial charge in [0.05, 0.1) is 16.5 Å². The predicted octanol–water partition coefficient (Wildman–Crippen LogP) is 4.13. The van der Waals surface area contributed by atoms with Crippen LogP contribution in [0.5, 0.6) is 0 Å². The average Bonchev–Trinajstić information content (AvgIpc) is 3.16. The van der Waals surface area contributed by atoms with E-state index in [0.29, 0.717) is 22.7 Å². The van der Waals surface area contributed by atoms with Crippen molar-refractivity contribution in [1.82, 2.24) is 5.16 Å². The van der Waals surface area contributed by atoms with Crippen LogP contribution >= 0.6 is 11.8 Å². The van der Waals surface area contributed by atoms with Crippen LogP contribution in [0.2, 0.25) is 0 Å². The monoisotopic (exact) mass is 380 g/mol. The van der Waals surface area contributed by atoms with Gasteiger partial charge in [0.2, 0.25) is 5.91 Å². The normalized spacial score (nSPS) is 15.7. The number of anilines is 1. The van der Waals surface area contributed by atoms with E-state index in [9.17, 15) is 9.59 Å². The summed E-state index contributed by atoms with van der Waals surface area (Å²) in [5, 5.41) is 6.65. The lowest BCUT2D eigenvalue weighted by Gasteiger charge is -2.21.